The number of aryl methyl sites for hydroxylation is 1. The normalized spacial score (nSPS) is 10.8. The van der Waals surface area contributed by atoms with Crippen LogP contribution >= 0.6 is 0 Å². The van der Waals surface area contributed by atoms with Crippen molar-refractivity contribution in [2.75, 3.05) is 20.3 Å². The van der Waals surface area contributed by atoms with Crippen LogP contribution in [-0.2, 0) is 24.2 Å². The van der Waals surface area contributed by atoms with Gasteiger partial charge in [-0.2, -0.15) is 0 Å². The minimum atomic E-state index is 0.0787. The third-order valence-corrected chi connectivity index (χ3v) is 5.13. The Morgan fingerprint density at radius 1 is 1.23 bits per heavy atom. The maximum atomic E-state index is 11.5. The number of amides is 1. The van der Waals surface area contributed by atoms with E-state index in [1.165, 1.54) is 0 Å². The number of nitrogens with one attached hydrogen (secondary N) is 1. The molecule has 3 rings (SSSR count). The molecule has 3 aromatic rings. The molecule has 164 valence electrons. The maximum Gasteiger partial charge on any atom is 0.219 e. The van der Waals surface area contributed by atoms with Gasteiger partial charge >= 0.3 is 0 Å². The third kappa shape index (κ3) is 5.87. The number of ether oxygens (including phenoxy) is 2. The van der Waals surface area contributed by atoms with Gasteiger partial charge < -0.3 is 19.4 Å². The zero-order chi connectivity index (χ0) is 22.1. The summed E-state index contributed by atoms with van der Waals surface area (Å²) < 4.78 is 13.8. The van der Waals surface area contributed by atoms with Crippen LogP contribution in [0.4, 0.5) is 0 Å². The molecule has 0 aliphatic carbocycles. The lowest BCUT2D eigenvalue weighted by Gasteiger charge is -2.14. The van der Waals surface area contributed by atoms with E-state index in [4.69, 9.17) is 14.5 Å². The molecule has 1 heterocycles. The summed E-state index contributed by atoms with van der Waals surface area (Å²) in [6.07, 6.45) is 4.80. The largest absolute Gasteiger partial charge is 0.493 e. The lowest BCUT2D eigenvalue weighted by molar-refractivity contribution is -0.120. The van der Waals surface area contributed by atoms with Crippen molar-refractivity contribution in [2.45, 2.75) is 39.2 Å². The van der Waals surface area contributed by atoms with Crippen LogP contribution in [0.5, 0.6) is 11.5 Å². The number of carbonyl (C=O) groups excluding carboxylic acids is 1. The van der Waals surface area contributed by atoms with Crippen LogP contribution < -0.4 is 14.8 Å². The van der Waals surface area contributed by atoms with Gasteiger partial charge in [-0.05, 0) is 42.7 Å². The van der Waals surface area contributed by atoms with E-state index in [1.54, 1.807) is 7.11 Å². The number of aromatic nitrogens is 2. The summed E-state index contributed by atoms with van der Waals surface area (Å²) in [5.74, 6) is 2.53. The zero-order valence-electron chi connectivity index (χ0n) is 18.4. The number of methoxy groups -OCH3 is 1. The van der Waals surface area contributed by atoms with Crippen molar-refractivity contribution >= 4 is 16.9 Å². The van der Waals surface area contributed by atoms with E-state index in [1.807, 2.05) is 49.4 Å². The highest BCUT2D eigenvalue weighted by atomic mass is 16.5. The number of allylic oxidation sites excluding steroid dienone is 1. The molecule has 6 nitrogen and oxygen atoms in total. The lowest BCUT2D eigenvalue weighted by Crippen LogP contribution is -2.23. The fourth-order valence-corrected chi connectivity index (χ4v) is 3.54. The Hall–Kier alpha value is -3.28. The highest BCUT2D eigenvalue weighted by molar-refractivity contribution is 5.76. The third-order valence-electron chi connectivity index (χ3n) is 5.13. The van der Waals surface area contributed by atoms with E-state index >= 15 is 0 Å². The van der Waals surface area contributed by atoms with Gasteiger partial charge in [-0.15, -0.1) is 6.58 Å². The van der Waals surface area contributed by atoms with Crippen molar-refractivity contribution in [3.63, 3.8) is 0 Å². The summed E-state index contributed by atoms with van der Waals surface area (Å²) in [5, 5.41) is 2.93. The van der Waals surface area contributed by atoms with Gasteiger partial charge in [0, 0.05) is 19.4 Å². The van der Waals surface area contributed by atoms with Crippen LogP contribution in [0, 0.1) is 0 Å². The van der Waals surface area contributed by atoms with Crippen LogP contribution in [0.3, 0.4) is 0 Å². The molecule has 0 aliphatic heterocycles. The molecule has 0 saturated heterocycles. The molecule has 6 heteroatoms. The Morgan fingerprint density at radius 2 is 2.06 bits per heavy atom. The second kappa shape index (κ2) is 11.2. The van der Waals surface area contributed by atoms with E-state index in [0.29, 0.717) is 26.1 Å². The van der Waals surface area contributed by atoms with Crippen molar-refractivity contribution < 1.29 is 14.3 Å². The van der Waals surface area contributed by atoms with Gasteiger partial charge in [0.1, 0.15) is 12.4 Å². The molecule has 0 unspecified atom stereocenters. The summed E-state index contributed by atoms with van der Waals surface area (Å²) in [6, 6.07) is 14.1. The Labute approximate surface area is 183 Å². The average Bonchev–Trinajstić information content (AvgIpc) is 3.15. The summed E-state index contributed by atoms with van der Waals surface area (Å²) >= 11 is 0. The molecule has 0 atom stereocenters. The van der Waals surface area contributed by atoms with Gasteiger partial charge in [0.25, 0.3) is 0 Å². The van der Waals surface area contributed by atoms with Crippen molar-refractivity contribution in [2.24, 2.45) is 0 Å². The van der Waals surface area contributed by atoms with Crippen LogP contribution in [0.1, 0.15) is 31.2 Å². The molecule has 0 bridgehead atoms. The van der Waals surface area contributed by atoms with E-state index in [-0.39, 0.29) is 5.91 Å². The summed E-state index contributed by atoms with van der Waals surface area (Å²) in [7, 11) is 1.65. The topological polar surface area (TPSA) is 65.4 Å². The average molecular weight is 422 g/mol. The molecule has 0 saturated carbocycles. The second-order valence-electron chi connectivity index (χ2n) is 7.30. The molecule has 0 spiro atoms. The van der Waals surface area contributed by atoms with Gasteiger partial charge in [-0.25, -0.2) is 4.98 Å². The Morgan fingerprint density at radius 3 is 2.84 bits per heavy atom. The SMILES string of the molecule is C=CCc1ccc(OCCn2c(CCCNC(=O)CC)nc3ccccc32)c(OC)c1. The monoisotopic (exact) mass is 421 g/mol. The summed E-state index contributed by atoms with van der Waals surface area (Å²) in [6.45, 7) is 7.47. The number of benzene rings is 2. The first-order valence-electron chi connectivity index (χ1n) is 10.8. The minimum Gasteiger partial charge on any atom is -0.493 e. The standard InChI is InChI=1S/C25H31N3O3/c1-4-9-19-13-14-22(23(18-19)30-3)31-17-16-28-21-11-7-6-10-20(21)27-24(28)12-8-15-26-25(29)5-2/h4,6-7,10-11,13-14,18H,1,5,8-9,12,15-17H2,2-3H3,(H,26,29). The van der Waals surface area contributed by atoms with Crippen LogP contribution in [-0.4, -0.2) is 35.7 Å². The van der Waals surface area contributed by atoms with Gasteiger partial charge in [0.15, 0.2) is 11.5 Å². The molecule has 0 fully saturated rings. The first kappa shape index (κ1) is 22.4. The Bertz CT molecular complexity index is 1030. The van der Waals surface area contributed by atoms with Crippen LogP contribution in [0.15, 0.2) is 55.1 Å². The molecule has 1 N–H and O–H groups in total. The van der Waals surface area contributed by atoms with Crippen molar-refractivity contribution in [3.05, 3.63) is 66.5 Å². The highest BCUT2D eigenvalue weighted by Gasteiger charge is 2.12. The molecule has 0 aliphatic rings. The molecule has 1 aromatic heterocycles. The Balaban J connectivity index is 1.68. The number of nitrogens with zero attached hydrogens (tertiary/aromatic N) is 2. The summed E-state index contributed by atoms with van der Waals surface area (Å²) in [5.41, 5.74) is 3.20. The molecule has 1 amide bonds. The van der Waals surface area contributed by atoms with Crippen LogP contribution in [0.2, 0.25) is 0 Å². The predicted molar refractivity (Wildman–Crippen MR) is 124 cm³/mol. The predicted octanol–water partition coefficient (Wildman–Crippen LogP) is 4.31. The number of rotatable bonds is 12. The second-order valence-corrected chi connectivity index (χ2v) is 7.30. The van der Waals surface area contributed by atoms with Crippen LogP contribution in [0.25, 0.3) is 11.0 Å². The van der Waals surface area contributed by atoms with Gasteiger partial charge in [0.2, 0.25) is 5.91 Å². The number of fused-ring (bicyclic) bond motifs is 1. The minimum absolute atomic E-state index is 0.0787. The highest BCUT2D eigenvalue weighted by Crippen LogP contribution is 2.28. The van der Waals surface area contributed by atoms with E-state index in [2.05, 4.69) is 22.5 Å². The number of hydrogen-bond donors (Lipinski definition) is 1. The first-order chi connectivity index (χ1) is 15.2. The number of imidazole rings is 1. The summed E-state index contributed by atoms with van der Waals surface area (Å²) in [4.78, 5) is 16.3. The molecule has 31 heavy (non-hydrogen) atoms. The molecular weight excluding hydrogens is 390 g/mol. The van der Waals surface area contributed by atoms with E-state index < -0.39 is 0 Å². The van der Waals surface area contributed by atoms with Crippen molar-refractivity contribution in [3.8, 4) is 11.5 Å². The fraction of sp³-hybridized carbons (Fsp3) is 0.360. The Kier molecular flexibility index (Phi) is 8.10. The molecule has 2 aromatic carbocycles. The van der Waals surface area contributed by atoms with Gasteiger partial charge in [-0.1, -0.05) is 31.2 Å². The lowest BCUT2D eigenvalue weighted by atomic mass is 10.1. The van der Waals surface area contributed by atoms with Gasteiger partial charge in [0.05, 0.1) is 24.7 Å². The molecule has 0 radical (unpaired) electrons. The number of para-hydroxylation sites is 2. The maximum absolute atomic E-state index is 11.5. The first-order valence-corrected chi connectivity index (χ1v) is 10.8. The van der Waals surface area contributed by atoms with E-state index in [9.17, 15) is 4.79 Å². The van der Waals surface area contributed by atoms with Gasteiger partial charge in [-0.3, -0.25) is 4.79 Å². The van der Waals surface area contributed by atoms with Crippen molar-refractivity contribution in [1.82, 2.24) is 14.9 Å². The van der Waals surface area contributed by atoms with Crippen molar-refractivity contribution in [1.29, 1.82) is 0 Å². The number of hydrogen-bond acceptors (Lipinski definition) is 4. The fourth-order valence-electron chi connectivity index (χ4n) is 3.54. The number of carbonyl (C=O) groups is 1. The quantitative estimate of drug-likeness (QED) is 0.350. The zero-order valence-corrected chi connectivity index (χ0v) is 18.4. The van der Waals surface area contributed by atoms with E-state index in [0.717, 1.165) is 53.2 Å². The smallest absolute Gasteiger partial charge is 0.219 e. The molecular formula is C25H31N3O3.